The predicted molar refractivity (Wildman–Crippen MR) is 190 cm³/mol. The minimum atomic E-state index is 0.841. The van der Waals surface area contributed by atoms with Gasteiger partial charge in [0.2, 0.25) is 0 Å². The summed E-state index contributed by atoms with van der Waals surface area (Å²) >= 11 is 0. The van der Waals surface area contributed by atoms with E-state index in [9.17, 15) is 0 Å². The fourth-order valence-electron chi connectivity index (χ4n) is 6.58. The lowest BCUT2D eigenvalue weighted by Gasteiger charge is -2.26. The molecule has 0 amide bonds. The molecule has 9 aromatic rings. The van der Waals surface area contributed by atoms with Crippen molar-refractivity contribution in [1.82, 2.24) is 0 Å². The Morgan fingerprint density at radius 2 is 0.826 bits per heavy atom. The van der Waals surface area contributed by atoms with Crippen molar-refractivity contribution in [2.45, 2.75) is 0 Å². The zero-order valence-corrected chi connectivity index (χ0v) is 24.9. The van der Waals surface area contributed by atoms with Gasteiger partial charge in [-0.15, -0.1) is 0 Å². The van der Waals surface area contributed by atoms with E-state index >= 15 is 0 Å². The Balaban J connectivity index is 1.26. The standard InChI is InChI=1S/C42H28N2O2/c1-4-13-29(14-5-1)43(33-23-25-35-34-19-10-11-21-38(34)46-41(35)28-33)32-24-26-39-36(27-32)42-37(20-12-22-40(42)45-39)44(30-15-6-2-7-16-30)31-17-8-3-9-18-31/h1-28H. The molecule has 0 aliphatic heterocycles. The van der Waals surface area contributed by atoms with Gasteiger partial charge in [-0.1, -0.05) is 78.9 Å². The van der Waals surface area contributed by atoms with E-state index < -0.39 is 0 Å². The molecule has 0 fully saturated rings. The molecule has 2 heterocycles. The van der Waals surface area contributed by atoms with Gasteiger partial charge in [-0.2, -0.15) is 0 Å². The van der Waals surface area contributed by atoms with E-state index in [4.69, 9.17) is 8.83 Å². The number of hydrogen-bond acceptors (Lipinski definition) is 4. The van der Waals surface area contributed by atoms with Gasteiger partial charge in [-0.25, -0.2) is 0 Å². The molecule has 4 nitrogen and oxygen atoms in total. The minimum absolute atomic E-state index is 0.841. The van der Waals surface area contributed by atoms with Gasteiger partial charge < -0.3 is 18.6 Å². The molecule has 0 saturated heterocycles. The number of benzene rings is 7. The summed E-state index contributed by atoms with van der Waals surface area (Å²) in [6.07, 6.45) is 0. The Morgan fingerprint density at radius 1 is 0.304 bits per heavy atom. The van der Waals surface area contributed by atoms with Crippen LogP contribution in [0.4, 0.5) is 34.1 Å². The molecule has 0 saturated carbocycles. The monoisotopic (exact) mass is 592 g/mol. The van der Waals surface area contributed by atoms with Crippen LogP contribution in [0.5, 0.6) is 0 Å². The second-order valence-electron chi connectivity index (χ2n) is 11.4. The van der Waals surface area contributed by atoms with Crippen LogP contribution in [0.1, 0.15) is 0 Å². The van der Waals surface area contributed by atoms with E-state index in [2.05, 4.69) is 149 Å². The molecule has 218 valence electrons. The average molecular weight is 593 g/mol. The molecule has 0 aliphatic rings. The number of anilines is 6. The molecule has 0 radical (unpaired) electrons. The number of nitrogens with zero attached hydrogens (tertiary/aromatic N) is 2. The highest BCUT2D eigenvalue weighted by atomic mass is 16.3. The van der Waals surface area contributed by atoms with Gasteiger partial charge in [0.25, 0.3) is 0 Å². The molecule has 9 rings (SSSR count). The predicted octanol–water partition coefficient (Wildman–Crippen LogP) is 12.4. The van der Waals surface area contributed by atoms with Crippen LogP contribution in [0.15, 0.2) is 179 Å². The molecule has 0 bridgehead atoms. The summed E-state index contributed by atoms with van der Waals surface area (Å²) in [5.74, 6) is 0. The Hall–Kier alpha value is -6.26. The molecule has 7 aromatic carbocycles. The van der Waals surface area contributed by atoms with Gasteiger partial charge in [-0.05, 0) is 84.9 Å². The van der Waals surface area contributed by atoms with E-state index in [0.29, 0.717) is 0 Å². The van der Waals surface area contributed by atoms with Gasteiger partial charge in [-0.3, -0.25) is 0 Å². The third-order valence-electron chi connectivity index (χ3n) is 8.62. The first-order valence-electron chi connectivity index (χ1n) is 15.4. The van der Waals surface area contributed by atoms with Crippen molar-refractivity contribution in [3.8, 4) is 0 Å². The molecule has 0 unspecified atom stereocenters. The maximum absolute atomic E-state index is 6.49. The summed E-state index contributed by atoms with van der Waals surface area (Å²) < 4.78 is 12.8. The van der Waals surface area contributed by atoms with Crippen molar-refractivity contribution in [3.63, 3.8) is 0 Å². The van der Waals surface area contributed by atoms with Crippen LogP contribution in [-0.2, 0) is 0 Å². The van der Waals surface area contributed by atoms with Gasteiger partial charge in [0, 0.05) is 50.7 Å². The number of rotatable bonds is 6. The lowest BCUT2D eigenvalue weighted by Crippen LogP contribution is -2.10. The molecule has 2 aromatic heterocycles. The Kier molecular flexibility index (Phi) is 6.10. The molecule has 0 spiro atoms. The fourth-order valence-corrected chi connectivity index (χ4v) is 6.58. The van der Waals surface area contributed by atoms with Gasteiger partial charge in [0.05, 0.1) is 11.1 Å². The fraction of sp³-hybridized carbons (Fsp3) is 0. The number of fused-ring (bicyclic) bond motifs is 6. The Labute approximate surface area is 265 Å². The highest BCUT2D eigenvalue weighted by Crippen LogP contribution is 2.45. The number of para-hydroxylation sites is 4. The van der Waals surface area contributed by atoms with Crippen molar-refractivity contribution in [2.24, 2.45) is 0 Å². The quantitative estimate of drug-likeness (QED) is 0.192. The Bertz CT molecular complexity index is 2440. The van der Waals surface area contributed by atoms with Crippen LogP contribution in [0.3, 0.4) is 0 Å². The molecule has 0 atom stereocenters. The second-order valence-corrected chi connectivity index (χ2v) is 11.4. The summed E-state index contributed by atoms with van der Waals surface area (Å²) in [6.45, 7) is 0. The summed E-state index contributed by atoms with van der Waals surface area (Å²) in [4.78, 5) is 4.58. The zero-order valence-electron chi connectivity index (χ0n) is 24.9. The van der Waals surface area contributed by atoms with Crippen LogP contribution >= 0.6 is 0 Å². The molecule has 0 aliphatic carbocycles. The van der Waals surface area contributed by atoms with E-state index in [0.717, 1.165) is 78.0 Å². The smallest absolute Gasteiger partial charge is 0.137 e. The Morgan fingerprint density at radius 3 is 1.54 bits per heavy atom. The maximum Gasteiger partial charge on any atom is 0.137 e. The SMILES string of the molecule is c1ccc(N(c2ccc3c(c2)oc2ccccc23)c2ccc3oc4cccc(N(c5ccccc5)c5ccccc5)c4c3c2)cc1. The van der Waals surface area contributed by atoms with Crippen molar-refractivity contribution < 1.29 is 8.83 Å². The van der Waals surface area contributed by atoms with Crippen LogP contribution in [0, 0.1) is 0 Å². The number of furan rings is 2. The first-order valence-corrected chi connectivity index (χ1v) is 15.4. The largest absolute Gasteiger partial charge is 0.456 e. The number of hydrogen-bond donors (Lipinski definition) is 0. The van der Waals surface area contributed by atoms with Crippen LogP contribution in [0.2, 0.25) is 0 Å². The van der Waals surface area contributed by atoms with Crippen molar-refractivity contribution >= 4 is 78.0 Å². The first-order chi connectivity index (χ1) is 22.8. The maximum atomic E-state index is 6.49. The van der Waals surface area contributed by atoms with E-state index in [1.165, 1.54) is 0 Å². The third-order valence-corrected chi connectivity index (χ3v) is 8.62. The molecular formula is C42H28N2O2. The minimum Gasteiger partial charge on any atom is -0.456 e. The van der Waals surface area contributed by atoms with Crippen LogP contribution in [-0.4, -0.2) is 0 Å². The lowest BCUT2D eigenvalue weighted by atomic mass is 10.1. The topological polar surface area (TPSA) is 32.8 Å². The normalized spacial score (nSPS) is 11.5. The zero-order chi connectivity index (χ0) is 30.5. The van der Waals surface area contributed by atoms with Crippen molar-refractivity contribution in [1.29, 1.82) is 0 Å². The summed E-state index contributed by atoms with van der Waals surface area (Å²) in [7, 11) is 0. The molecular weight excluding hydrogens is 564 g/mol. The van der Waals surface area contributed by atoms with Gasteiger partial charge in [0.15, 0.2) is 0 Å². The highest BCUT2D eigenvalue weighted by Gasteiger charge is 2.21. The van der Waals surface area contributed by atoms with Gasteiger partial charge in [0.1, 0.15) is 22.3 Å². The summed E-state index contributed by atoms with van der Waals surface area (Å²) in [5.41, 5.74) is 9.75. The van der Waals surface area contributed by atoms with E-state index in [1.54, 1.807) is 0 Å². The van der Waals surface area contributed by atoms with Crippen molar-refractivity contribution in [3.05, 3.63) is 170 Å². The van der Waals surface area contributed by atoms with Crippen LogP contribution < -0.4 is 9.80 Å². The lowest BCUT2D eigenvalue weighted by molar-refractivity contribution is 0.668. The first kappa shape index (κ1) is 26.2. The van der Waals surface area contributed by atoms with Crippen molar-refractivity contribution in [2.75, 3.05) is 9.80 Å². The molecule has 46 heavy (non-hydrogen) atoms. The van der Waals surface area contributed by atoms with E-state index in [1.807, 2.05) is 30.3 Å². The molecule has 0 N–H and O–H groups in total. The second kappa shape index (κ2) is 10.7. The van der Waals surface area contributed by atoms with Gasteiger partial charge >= 0.3 is 0 Å². The highest BCUT2D eigenvalue weighted by molar-refractivity contribution is 6.14. The van der Waals surface area contributed by atoms with Crippen LogP contribution in [0.25, 0.3) is 43.9 Å². The average Bonchev–Trinajstić information content (AvgIpc) is 3.68. The summed E-state index contributed by atoms with van der Waals surface area (Å²) in [5, 5.41) is 4.34. The molecule has 4 heteroatoms. The third kappa shape index (κ3) is 4.31. The summed E-state index contributed by atoms with van der Waals surface area (Å²) in [6, 6.07) is 58.9. The van der Waals surface area contributed by atoms with E-state index in [-0.39, 0.29) is 0 Å².